The van der Waals surface area contributed by atoms with Gasteiger partial charge in [-0.3, -0.25) is 0 Å². The minimum atomic E-state index is -4.03. The van der Waals surface area contributed by atoms with Crippen LogP contribution in [-0.2, 0) is 10.0 Å². The zero-order valence-corrected chi connectivity index (χ0v) is 15.7. The Morgan fingerprint density at radius 2 is 1.82 bits per heavy atom. The minimum absolute atomic E-state index is 0.00648. The fourth-order valence-electron chi connectivity index (χ4n) is 2.79. The van der Waals surface area contributed by atoms with Crippen LogP contribution in [0.15, 0.2) is 58.4 Å². The molecule has 0 aliphatic carbocycles. The molecule has 8 nitrogen and oxygen atoms in total. The topological polar surface area (TPSA) is 112 Å². The summed E-state index contributed by atoms with van der Waals surface area (Å²) in [5, 5.41) is 16.7. The molecule has 0 fully saturated rings. The fourth-order valence-corrected chi connectivity index (χ4v) is 3.85. The number of halogens is 2. The van der Waals surface area contributed by atoms with Crippen molar-refractivity contribution in [2.24, 2.45) is 4.99 Å². The van der Waals surface area contributed by atoms with E-state index >= 15 is 0 Å². The predicted molar refractivity (Wildman–Crippen MR) is 98.5 cm³/mol. The first-order valence-electron chi connectivity index (χ1n) is 8.07. The molecule has 0 bridgehead atoms. The molecule has 1 N–H and O–H groups in total. The molecular weight excluding hydrogens is 409 g/mol. The Kier molecular flexibility index (Phi) is 4.52. The third kappa shape index (κ3) is 3.56. The molecule has 0 spiro atoms. The van der Waals surface area contributed by atoms with Crippen LogP contribution in [0, 0.1) is 5.82 Å². The predicted octanol–water partition coefficient (Wildman–Crippen LogP) is 2.25. The maximum absolute atomic E-state index is 13.0. The van der Waals surface area contributed by atoms with Gasteiger partial charge in [0.05, 0.1) is 10.9 Å². The van der Waals surface area contributed by atoms with Crippen molar-refractivity contribution >= 4 is 39.4 Å². The second kappa shape index (κ2) is 6.88. The highest BCUT2D eigenvalue weighted by Crippen LogP contribution is 2.31. The lowest BCUT2D eigenvalue weighted by atomic mass is 10.0. The number of benzene rings is 2. The van der Waals surface area contributed by atoms with E-state index in [1.807, 2.05) is 0 Å². The summed E-state index contributed by atoms with van der Waals surface area (Å²) < 4.78 is 41.5. The van der Waals surface area contributed by atoms with Crippen LogP contribution in [0.3, 0.4) is 0 Å². The molecule has 0 unspecified atom stereocenters. The molecule has 2 heterocycles. The lowest BCUT2D eigenvalue weighted by Crippen LogP contribution is -2.28. The van der Waals surface area contributed by atoms with Crippen LogP contribution < -0.4 is 9.83 Å². The molecule has 0 radical (unpaired) electrons. The number of nitrogens with zero attached hydrogens (tertiary/aromatic N) is 4. The molecule has 0 saturated carbocycles. The normalized spacial score (nSPS) is 16.4. The molecule has 11 heteroatoms. The number of hydrogen-bond donors (Lipinski definition) is 1. The lowest BCUT2D eigenvalue weighted by molar-refractivity contribution is -0.219. The molecule has 1 atom stereocenters. The van der Waals surface area contributed by atoms with Gasteiger partial charge < -0.3 is 5.11 Å². The first-order valence-corrected chi connectivity index (χ1v) is 9.93. The van der Waals surface area contributed by atoms with Crippen LogP contribution >= 0.6 is 11.6 Å². The van der Waals surface area contributed by atoms with E-state index in [9.17, 15) is 17.9 Å². The number of rotatable bonds is 4. The molecule has 4 rings (SSSR count). The first kappa shape index (κ1) is 18.4. The number of nitrogens with one attached hydrogen (secondary N) is 1. The van der Waals surface area contributed by atoms with Crippen LogP contribution in [0.1, 0.15) is 18.0 Å². The number of hydrogen-bond acceptors (Lipinski definition) is 6. The maximum atomic E-state index is 13.0. The molecule has 1 aliphatic heterocycles. The summed E-state index contributed by atoms with van der Waals surface area (Å²) >= 11 is 5.90. The Hall–Kier alpha value is -2.98. The van der Waals surface area contributed by atoms with Crippen LogP contribution in [0.5, 0.6) is 0 Å². The van der Waals surface area contributed by atoms with Gasteiger partial charge in [0, 0.05) is 11.4 Å². The van der Waals surface area contributed by atoms with Gasteiger partial charge in [-0.15, -0.1) is 5.10 Å². The van der Waals surface area contributed by atoms with Crippen LogP contribution in [0.25, 0.3) is 0 Å². The number of fused-ring (bicyclic) bond motifs is 1. The van der Waals surface area contributed by atoms with E-state index in [1.54, 1.807) is 24.3 Å². The molecule has 28 heavy (non-hydrogen) atoms. The van der Waals surface area contributed by atoms with Crippen molar-refractivity contribution in [3.05, 3.63) is 64.9 Å². The average molecular weight is 421 g/mol. The highest BCUT2D eigenvalue weighted by molar-refractivity contribution is 7.92. The van der Waals surface area contributed by atoms with Crippen molar-refractivity contribution in [1.29, 1.82) is 0 Å². The fraction of sp³-hybridized carbons (Fsp3) is 0.118. The smallest absolute Gasteiger partial charge is 0.264 e. The Morgan fingerprint density at radius 1 is 1.14 bits per heavy atom. The van der Waals surface area contributed by atoms with Crippen LogP contribution in [0.2, 0.25) is 5.02 Å². The van der Waals surface area contributed by atoms with E-state index in [4.69, 9.17) is 11.6 Å². The largest absolute Gasteiger partial charge is 0.862 e. The Morgan fingerprint density at radius 3 is 2.50 bits per heavy atom. The third-order valence-electron chi connectivity index (χ3n) is 4.11. The highest BCUT2D eigenvalue weighted by Gasteiger charge is 2.26. The number of aromatic nitrogens is 3. The molecule has 144 valence electrons. The lowest BCUT2D eigenvalue weighted by Gasteiger charge is -2.25. The van der Waals surface area contributed by atoms with Gasteiger partial charge in [0.25, 0.3) is 16.0 Å². The van der Waals surface area contributed by atoms with Crippen molar-refractivity contribution in [3.8, 4) is 0 Å². The summed E-state index contributed by atoms with van der Waals surface area (Å²) in [6, 6.07) is 10.7. The summed E-state index contributed by atoms with van der Waals surface area (Å²) in [4.78, 5) is 7.66. The summed E-state index contributed by atoms with van der Waals surface area (Å²) in [6.07, 6.45) is 0.0577. The van der Waals surface area contributed by atoms with Crippen molar-refractivity contribution in [2.45, 2.75) is 17.4 Å². The highest BCUT2D eigenvalue weighted by atomic mass is 35.5. The van der Waals surface area contributed by atoms with Gasteiger partial charge in [-0.2, -0.15) is 4.98 Å². The van der Waals surface area contributed by atoms with Crippen LogP contribution in [-0.4, -0.2) is 29.1 Å². The van der Waals surface area contributed by atoms with E-state index in [2.05, 4.69) is 19.8 Å². The summed E-state index contributed by atoms with van der Waals surface area (Å²) in [6.45, 7) is 0. The molecule has 1 aromatic heterocycles. The van der Waals surface area contributed by atoms with Crippen molar-refractivity contribution < 1.29 is 17.9 Å². The van der Waals surface area contributed by atoms with Crippen molar-refractivity contribution in [2.75, 3.05) is 4.72 Å². The van der Waals surface area contributed by atoms with E-state index in [0.29, 0.717) is 5.02 Å². The number of aliphatic imine (C=N–C) groups is 1. The van der Waals surface area contributed by atoms with E-state index in [0.717, 1.165) is 29.8 Å². The van der Waals surface area contributed by atoms with Gasteiger partial charge in [0.2, 0.25) is 5.95 Å². The van der Waals surface area contributed by atoms with Gasteiger partial charge in [-0.25, -0.2) is 27.2 Å². The van der Waals surface area contributed by atoms with Gasteiger partial charge in [-0.05, 0) is 47.9 Å². The van der Waals surface area contributed by atoms with Gasteiger partial charge in [0.15, 0.2) is 0 Å². The molecular formula is C17H12ClFN5O3S-. The van der Waals surface area contributed by atoms with E-state index in [1.165, 1.54) is 4.68 Å². The zero-order valence-electron chi connectivity index (χ0n) is 14.1. The Bertz CT molecular complexity index is 1160. The number of anilines is 1. The van der Waals surface area contributed by atoms with Crippen LogP contribution in [0.4, 0.5) is 16.3 Å². The van der Waals surface area contributed by atoms with E-state index < -0.39 is 27.8 Å². The molecule has 0 saturated heterocycles. The summed E-state index contributed by atoms with van der Waals surface area (Å²) in [5.74, 6) is -1.20. The minimum Gasteiger partial charge on any atom is -0.862 e. The van der Waals surface area contributed by atoms with Crippen molar-refractivity contribution in [3.63, 3.8) is 0 Å². The Balaban J connectivity index is 1.68. The second-order valence-corrected chi connectivity index (χ2v) is 8.14. The second-order valence-electron chi connectivity index (χ2n) is 6.02. The van der Waals surface area contributed by atoms with Gasteiger partial charge in [-0.1, -0.05) is 23.7 Å². The quantitative estimate of drug-likeness (QED) is 0.695. The van der Waals surface area contributed by atoms with Gasteiger partial charge >= 0.3 is 0 Å². The molecule has 3 aromatic rings. The first-order chi connectivity index (χ1) is 13.3. The maximum Gasteiger partial charge on any atom is 0.264 e. The molecule has 0 amide bonds. The zero-order chi connectivity index (χ0) is 19.9. The standard InChI is InChI=1S/C17H13ClFN5O3S/c18-11-3-1-10(2-4-11)14-9-15(25)20-17-21-16(22-24(14)17)23-28(26,27)13-7-5-12(19)6-8-13/h1-8,14H,9H2,(H2,20,21,22,23,25)/p-1/t14-/m0/s1. The summed E-state index contributed by atoms with van der Waals surface area (Å²) in [5.41, 5.74) is 0.756. The number of sulfonamides is 1. The van der Waals surface area contributed by atoms with E-state index in [-0.39, 0.29) is 23.2 Å². The SMILES string of the molecule is O=S(=O)(Nc1nc2n(n1)[C@H](c1ccc(Cl)cc1)CC([O-])=N2)c1ccc(F)cc1. The molecule has 1 aliphatic rings. The van der Waals surface area contributed by atoms with Gasteiger partial charge in [0.1, 0.15) is 5.82 Å². The Labute approximate surface area is 164 Å². The summed E-state index contributed by atoms with van der Waals surface area (Å²) in [7, 11) is -4.03. The third-order valence-corrected chi connectivity index (χ3v) is 5.70. The molecule has 2 aromatic carbocycles. The average Bonchev–Trinajstić information content (AvgIpc) is 3.03. The monoisotopic (exact) mass is 420 g/mol. The van der Waals surface area contributed by atoms with Crippen molar-refractivity contribution in [1.82, 2.24) is 14.8 Å².